The summed E-state index contributed by atoms with van der Waals surface area (Å²) in [6, 6.07) is 1.70. The van der Waals surface area contributed by atoms with E-state index in [1.54, 1.807) is 0 Å². The predicted molar refractivity (Wildman–Crippen MR) is 86.0 cm³/mol. The van der Waals surface area contributed by atoms with Gasteiger partial charge in [0.1, 0.15) is 0 Å². The van der Waals surface area contributed by atoms with E-state index in [4.69, 9.17) is 0 Å². The predicted octanol–water partition coefficient (Wildman–Crippen LogP) is 3.81. The third kappa shape index (κ3) is 4.21. The number of rotatable bonds is 4. The fourth-order valence-corrected chi connectivity index (χ4v) is 4.13. The summed E-state index contributed by atoms with van der Waals surface area (Å²) >= 11 is 0. The zero-order chi connectivity index (χ0) is 14.0. The Morgan fingerprint density at radius 3 is 2.40 bits per heavy atom. The minimum atomic E-state index is 0.596. The van der Waals surface area contributed by atoms with Crippen LogP contribution in [0.3, 0.4) is 0 Å². The first kappa shape index (κ1) is 14.8. The van der Waals surface area contributed by atoms with Crippen molar-refractivity contribution in [2.24, 2.45) is 11.3 Å². The van der Waals surface area contributed by atoms with Gasteiger partial charge in [0, 0.05) is 12.1 Å². The lowest BCUT2D eigenvalue weighted by Crippen LogP contribution is -2.47. The monoisotopic (exact) mass is 278 g/mol. The number of hydrogen-bond acceptors (Lipinski definition) is 2. The van der Waals surface area contributed by atoms with E-state index in [0.717, 1.165) is 18.0 Å². The van der Waals surface area contributed by atoms with Crippen LogP contribution >= 0.6 is 0 Å². The molecule has 1 saturated heterocycles. The average molecular weight is 278 g/mol. The Kier molecular flexibility index (Phi) is 4.72. The normalized spacial score (nSPS) is 33.0. The quantitative estimate of drug-likeness (QED) is 0.787. The molecule has 3 rings (SSSR count). The van der Waals surface area contributed by atoms with Crippen LogP contribution in [0.1, 0.15) is 71.6 Å². The standard InChI is InChI=1S/C18H34N2/c1-18(2)10-3-4-17(7-11-18)20-12-8-16(9-13-20)19-14-15-5-6-15/h15-17,19H,3-14H2,1-2H3. The van der Waals surface area contributed by atoms with Gasteiger partial charge in [-0.1, -0.05) is 20.3 Å². The Hall–Kier alpha value is -0.0800. The largest absolute Gasteiger partial charge is 0.314 e. The number of likely N-dealkylation sites (tertiary alicyclic amines) is 1. The molecule has 0 spiro atoms. The maximum absolute atomic E-state index is 3.81. The van der Waals surface area contributed by atoms with Gasteiger partial charge in [0.05, 0.1) is 0 Å². The molecule has 2 aliphatic carbocycles. The second-order valence-electron chi connectivity index (χ2n) is 8.41. The molecule has 1 unspecified atom stereocenters. The second-order valence-corrected chi connectivity index (χ2v) is 8.41. The molecule has 20 heavy (non-hydrogen) atoms. The van der Waals surface area contributed by atoms with E-state index in [9.17, 15) is 0 Å². The first-order valence-corrected chi connectivity index (χ1v) is 9.10. The molecule has 2 heteroatoms. The molecular formula is C18H34N2. The van der Waals surface area contributed by atoms with Crippen molar-refractivity contribution in [2.75, 3.05) is 19.6 Å². The molecule has 0 aromatic heterocycles. The van der Waals surface area contributed by atoms with Gasteiger partial charge in [0.15, 0.2) is 0 Å². The molecule has 1 heterocycles. The molecule has 2 saturated carbocycles. The molecular weight excluding hydrogens is 244 g/mol. The molecule has 1 N–H and O–H groups in total. The summed E-state index contributed by atoms with van der Waals surface area (Å²) in [4.78, 5) is 2.82. The lowest BCUT2D eigenvalue weighted by molar-refractivity contribution is 0.128. The van der Waals surface area contributed by atoms with Crippen molar-refractivity contribution in [3.05, 3.63) is 0 Å². The summed E-state index contributed by atoms with van der Waals surface area (Å²) in [5.74, 6) is 1.03. The van der Waals surface area contributed by atoms with Gasteiger partial charge in [0.2, 0.25) is 0 Å². The number of nitrogens with one attached hydrogen (secondary N) is 1. The van der Waals surface area contributed by atoms with Crippen molar-refractivity contribution in [3.63, 3.8) is 0 Å². The highest BCUT2D eigenvalue weighted by Gasteiger charge is 2.30. The van der Waals surface area contributed by atoms with E-state index in [0.29, 0.717) is 5.41 Å². The minimum absolute atomic E-state index is 0.596. The maximum atomic E-state index is 3.81. The second kappa shape index (κ2) is 6.36. The van der Waals surface area contributed by atoms with Crippen molar-refractivity contribution in [1.82, 2.24) is 10.2 Å². The van der Waals surface area contributed by atoms with Crippen molar-refractivity contribution in [1.29, 1.82) is 0 Å². The summed E-state index contributed by atoms with van der Waals surface area (Å²) in [5.41, 5.74) is 0.596. The number of piperidine rings is 1. The van der Waals surface area contributed by atoms with E-state index in [2.05, 4.69) is 24.1 Å². The lowest BCUT2D eigenvalue weighted by Gasteiger charge is -2.38. The van der Waals surface area contributed by atoms with Gasteiger partial charge in [0.25, 0.3) is 0 Å². The molecule has 116 valence electrons. The van der Waals surface area contributed by atoms with Crippen molar-refractivity contribution in [2.45, 2.75) is 83.7 Å². The van der Waals surface area contributed by atoms with Crippen LogP contribution in [-0.2, 0) is 0 Å². The van der Waals surface area contributed by atoms with Crippen LogP contribution < -0.4 is 5.32 Å². The maximum Gasteiger partial charge on any atom is 0.00954 e. The summed E-state index contributed by atoms with van der Waals surface area (Å²) in [7, 11) is 0. The average Bonchev–Trinajstić information content (AvgIpc) is 3.25. The van der Waals surface area contributed by atoms with Crippen LogP contribution in [0, 0.1) is 11.3 Å². The van der Waals surface area contributed by atoms with Gasteiger partial charge in [-0.25, -0.2) is 0 Å². The zero-order valence-corrected chi connectivity index (χ0v) is 13.7. The van der Waals surface area contributed by atoms with Crippen molar-refractivity contribution >= 4 is 0 Å². The fraction of sp³-hybridized carbons (Fsp3) is 1.00. The Bertz CT molecular complexity index is 301. The van der Waals surface area contributed by atoms with Gasteiger partial charge in [-0.3, -0.25) is 0 Å². The van der Waals surface area contributed by atoms with Crippen molar-refractivity contribution in [3.8, 4) is 0 Å². The third-order valence-electron chi connectivity index (χ3n) is 5.98. The Morgan fingerprint density at radius 2 is 1.70 bits per heavy atom. The molecule has 1 aliphatic heterocycles. The van der Waals surface area contributed by atoms with Crippen LogP contribution in [-0.4, -0.2) is 36.6 Å². The topological polar surface area (TPSA) is 15.3 Å². The van der Waals surface area contributed by atoms with Gasteiger partial charge in [-0.15, -0.1) is 0 Å². The SMILES string of the molecule is CC1(C)CCCC(N2CCC(NCC3CC3)CC2)CC1. The fourth-order valence-electron chi connectivity index (χ4n) is 4.13. The molecule has 0 aromatic carbocycles. The lowest BCUT2D eigenvalue weighted by atomic mass is 9.85. The van der Waals surface area contributed by atoms with Crippen LogP contribution in [0.4, 0.5) is 0 Å². The highest BCUT2D eigenvalue weighted by atomic mass is 15.2. The summed E-state index contributed by atoms with van der Waals surface area (Å²) < 4.78 is 0. The van der Waals surface area contributed by atoms with Gasteiger partial charge in [-0.2, -0.15) is 0 Å². The van der Waals surface area contributed by atoms with Crippen LogP contribution in [0.5, 0.6) is 0 Å². The molecule has 0 bridgehead atoms. The summed E-state index contributed by atoms with van der Waals surface area (Å²) in [6.07, 6.45) is 12.9. The van der Waals surface area contributed by atoms with E-state index in [1.807, 2.05) is 0 Å². The number of nitrogens with zero attached hydrogens (tertiary/aromatic N) is 1. The Morgan fingerprint density at radius 1 is 0.950 bits per heavy atom. The molecule has 0 radical (unpaired) electrons. The molecule has 0 amide bonds. The van der Waals surface area contributed by atoms with Crippen LogP contribution in [0.15, 0.2) is 0 Å². The molecule has 1 atom stereocenters. The van der Waals surface area contributed by atoms with Gasteiger partial charge < -0.3 is 10.2 Å². The molecule has 3 fully saturated rings. The van der Waals surface area contributed by atoms with E-state index >= 15 is 0 Å². The third-order valence-corrected chi connectivity index (χ3v) is 5.98. The summed E-state index contributed by atoms with van der Waals surface area (Å²) in [6.45, 7) is 8.90. The van der Waals surface area contributed by atoms with Crippen LogP contribution in [0.25, 0.3) is 0 Å². The van der Waals surface area contributed by atoms with Gasteiger partial charge in [-0.05, 0) is 82.3 Å². The molecule has 3 aliphatic rings. The zero-order valence-electron chi connectivity index (χ0n) is 13.7. The van der Waals surface area contributed by atoms with E-state index < -0.39 is 0 Å². The molecule has 0 aromatic rings. The van der Waals surface area contributed by atoms with E-state index in [1.165, 1.54) is 77.4 Å². The van der Waals surface area contributed by atoms with Gasteiger partial charge >= 0.3 is 0 Å². The Balaban J connectivity index is 1.40. The van der Waals surface area contributed by atoms with Crippen molar-refractivity contribution < 1.29 is 0 Å². The smallest absolute Gasteiger partial charge is 0.00954 e. The first-order chi connectivity index (χ1) is 9.62. The highest BCUT2D eigenvalue weighted by Crippen LogP contribution is 2.36. The number of hydrogen-bond donors (Lipinski definition) is 1. The van der Waals surface area contributed by atoms with Crippen LogP contribution in [0.2, 0.25) is 0 Å². The van der Waals surface area contributed by atoms with E-state index in [-0.39, 0.29) is 0 Å². The summed E-state index contributed by atoms with van der Waals surface area (Å²) in [5, 5.41) is 3.81. The minimum Gasteiger partial charge on any atom is -0.314 e. The first-order valence-electron chi connectivity index (χ1n) is 9.10. The highest BCUT2D eigenvalue weighted by molar-refractivity contribution is 4.86. The molecule has 2 nitrogen and oxygen atoms in total. The Labute approximate surface area is 125 Å².